The third-order valence-electron chi connectivity index (χ3n) is 5.90. The third-order valence-corrected chi connectivity index (χ3v) is 6.76. The summed E-state index contributed by atoms with van der Waals surface area (Å²) in [5, 5.41) is 10.8. The second-order valence-electron chi connectivity index (χ2n) is 8.09. The van der Waals surface area contributed by atoms with E-state index in [9.17, 15) is 9.59 Å². The maximum absolute atomic E-state index is 13.5. The fourth-order valence-electron chi connectivity index (χ4n) is 4.07. The summed E-state index contributed by atoms with van der Waals surface area (Å²) >= 11 is 1.39. The monoisotopic (exact) mass is 458 g/mol. The van der Waals surface area contributed by atoms with Crippen LogP contribution in [0.3, 0.4) is 0 Å². The molecule has 1 aliphatic rings. The number of hydrogen-bond acceptors (Lipinski definition) is 5. The lowest BCUT2D eigenvalue weighted by Crippen LogP contribution is -2.36. The number of benzene rings is 2. The van der Waals surface area contributed by atoms with Crippen molar-refractivity contribution in [2.75, 3.05) is 38.1 Å². The van der Waals surface area contributed by atoms with Gasteiger partial charge in [-0.2, -0.15) is 5.26 Å². The van der Waals surface area contributed by atoms with Crippen LogP contribution in [0.4, 0.5) is 5.69 Å². The third kappa shape index (κ3) is 5.30. The molecule has 0 aliphatic carbocycles. The second-order valence-corrected chi connectivity index (χ2v) is 9.04. The number of nitrogens with zero attached hydrogens (tertiary/aromatic N) is 4. The lowest BCUT2D eigenvalue weighted by atomic mass is 10.1. The van der Waals surface area contributed by atoms with E-state index in [0.29, 0.717) is 34.8 Å². The zero-order chi connectivity index (χ0) is 23.2. The van der Waals surface area contributed by atoms with Crippen molar-refractivity contribution in [1.29, 1.82) is 5.26 Å². The Morgan fingerprint density at radius 3 is 2.52 bits per heavy atom. The number of hydrogen-bond donors (Lipinski definition) is 0. The van der Waals surface area contributed by atoms with Crippen molar-refractivity contribution in [2.24, 2.45) is 0 Å². The van der Waals surface area contributed by atoms with E-state index < -0.39 is 0 Å². The Morgan fingerprint density at radius 2 is 1.79 bits per heavy atom. The van der Waals surface area contributed by atoms with E-state index in [-0.39, 0.29) is 11.8 Å². The highest BCUT2D eigenvalue weighted by Gasteiger charge is 2.25. The van der Waals surface area contributed by atoms with Crippen LogP contribution in [0.5, 0.6) is 0 Å². The minimum atomic E-state index is -0.116. The van der Waals surface area contributed by atoms with E-state index >= 15 is 0 Å². The van der Waals surface area contributed by atoms with E-state index in [2.05, 4.69) is 11.0 Å². The van der Waals surface area contributed by atoms with Gasteiger partial charge in [0, 0.05) is 39.8 Å². The van der Waals surface area contributed by atoms with Crippen LogP contribution in [0.1, 0.15) is 37.6 Å². The summed E-state index contributed by atoms with van der Waals surface area (Å²) in [6.07, 6.45) is 0.883. The molecule has 0 bridgehead atoms. The van der Waals surface area contributed by atoms with E-state index in [1.807, 2.05) is 58.8 Å². The predicted molar refractivity (Wildman–Crippen MR) is 130 cm³/mol. The van der Waals surface area contributed by atoms with Gasteiger partial charge in [0.1, 0.15) is 0 Å². The largest absolute Gasteiger partial charge is 0.337 e. The lowest BCUT2D eigenvalue weighted by molar-refractivity contribution is 0.0762. The second kappa shape index (κ2) is 10.4. The molecule has 7 heteroatoms. The Hall–Kier alpha value is -3.47. The van der Waals surface area contributed by atoms with Crippen LogP contribution in [0.25, 0.3) is 0 Å². The molecule has 3 aromatic rings. The van der Waals surface area contributed by atoms with Gasteiger partial charge in [0.2, 0.25) is 0 Å². The van der Waals surface area contributed by atoms with Crippen LogP contribution in [-0.4, -0.2) is 54.8 Å². The lowest BCUT2D eigenvalue weighted by Gasteiger charge is -2.25. The van der Waals surface area contributed by atoms with Gasteiger partial charge >= 0.3 is 0 Å². The van der Waals surface area contributed by atoms with Crippen molar-refractivity contribution in [3.05, 3.63) is 87.6 Å². The van der Waals surface area contributed by atoms with E-state index in [1.54, 1.807) is 24.1 Å². The molecule has 0 N–H and O–H groups in total. The number of para-hydroxylation sites is 1. The molecule has 168 valence electrons. The molecule has 33 heavy (non-hydrogen) atoms. The van der Waals surface area contributed by atoms with Crippen molar-refractivity contribution in [1.82, 2.24) is 9.80 Å². The fourth-order valence-corrected chi connectivity index (χ4v) is 4.77. The highest BCUT2D eigenvalue weighted by atomic mass is 32.1. The highest BCUT2D eigenvalue weighted by molar-refractivity contribution is 7.12. The summed E-state index contributed by atoms with van der Waals surface area (Å²) in [4.78, 5) is 32.8. The molecule has 6 nitrogen and oxygen atoms in total. The quantitative estimate of drug-likeness (QED) is 0.573. The molecule has 0 spiro atoms. The van der Waals surface area contributed by atoms with Gasteiger partial charge < -0.3 is 9.80 Å². The Balaban J connectivity index is 1.44. The topological polar surface area (TPSA) is 67.7 Å². The van der Waals surface area contributed by atoms with Gasteiger partial charge in [-0.15, -0.1) is 11.3 Å². The van der Waals surface area contributed by atoms with Crippen molar-refractivity contribution in [3.8, 4) is 6.07 Å². The first kappa shape index (κ1) is 22.7. The number of nitriles is 1. The Kier molecular flexibility index (Phi) is 7.18. The summed E-state index contributed by atoms with van der Waals surface area (Å²) < 4.78 is 0. The van der Waals surface area contributed by atoms with Gasteiger partial charge in [-0.05, 0) is 47.7 Å². The molecule has 0 saturated carbocycles. The Bertz CT molecular complexity index is 1150. The smallest absolute Gasteiger partial charge is 0.268 e. The van der Waals surface area contributed by atoms with E-state index in [0.717, 1.165) is 31.6 Å². The summed E-state index contributed by atoms with van der Waals surface area (Å²) in [5.41, 5.74) is 2.99. The Morgan fingerprint density at radius 1 is 1.00 bits per heavy atom. The normalized spacial score (nSPS) is 14.4. The molecule has 0 atom stereocenters. The summed E-state index contributed by atoms with van der Waals surface area (Å²) in [6, 6.07) is 20.8. The van der Waals surface area contributed by atoms with Crippen LogP contribution in [0.2, 0.25) is 0 Å². The summed E-state index contributed by atoms with van der Waals surface area (Å²) in [6.45, 7) is 3.79. The van der Waals surface area contributed by atoms with Gasteiger partial charge in [0.25, 0.3) is 11.8 Å². The molecular weight excluding hydrogens is 432 g/mol. The number of amides is 2. The van der Waals surface area contributed by atoms with Crippen LogP contribution < -0.4 is 4.90 Å². The van der Waals surface area contributed by atoms with Gasteiger partial charge in [-0.25, -0.2) is 0 Å². The molecule has 2 amide bonds. The number of carbonyl (C=O) groups excluding carboxylic acids is 2. The molecular formula is C26H26N4O2S. The van der Waals surface area contributed by atoms with Crippen LogP contribution in [-0.2, 0) is 6.54 Å². The zero-order valence-electron chi connectivity index (χ0n) is 18.6. The minimum absolute atomic E-state index is 0.0448. The first-order valence-electron chi connectivity index (χ1n) is 11.0. The van der Waals surface area contributed by atoms with E-state index in [4.69, 9.17) is 5.26 Å². The average Bonchev–Trinajstić information content (AvgIpc) is 3.30. The zero-order valence-corrected chi connectivity index (χ0v) is 19.4. The van der Waals surface area contributed by atoms with Gasteiger partial charge in [-0.1, -0.05) is 30.3 Å². The number of carbonyl (C=O) groups is 2. The highest BCUT2D eigenvalue weighted by Crippen LogP contribution is 2.24. The first-order chi connectivity index (χ1) is 16.1. The number of anilines is 1. The van der Waals surface area contributed by atoms with Crippen molar-refractivity contribution in [2.45, 2.75) is 13.0 Å². The van der Waals surface area contributed by atoms with Crippen molar-refractivity contribution >= 4 is 28.8 Å². The maximum atomic E-state index is 13.5. The molecule has 1 fully saturated rings. The van der Waals surface area contributed by atoms with E-state index in [1.165, 1.54) is 11.3 Å². The fraction of sp³-hybridized carbons (Fsp3) is 0.269. The van der Waals surface area contributed by atoms with Crippen molar-refractivity contribution in [3.63, 3.8) is 0 Å². The number of rotatable bonds is 5. The molecule has 2 heterocycles. The molecule has 4 rings (SSSR count). The van der Waals surface area contributed by atoms with Gasteiger partial charge in [0.15, 0.2) is 0 Å². The number of thiophene rings is 1. The molecule has 1 aromatic heterocycles. The van der Waals surface area contributed by atoms with Gasteiger partial charge in [-0.3, -0.25) is 14.5 Å². The van der Waals surface area contributed by atoms with Crippen LogP contribution in [0.15, 0.2) is 66.0 Å². The SMILES string of the molecule is CN(C(=O)c1cccs1)c1ccccc1C(=O)N1CCCN(Cc2ccc(C#N)cc2)CC1. The summed E-state index contributed by atoms with van der Waals surface area (Å²) in [5.74, 6) is -0.161. The molecule has 0 radical (unpaired) electrons. The standard InChI is InChI=1S/C26H26N4O2S/c1-28(26(32)24-8-4-17-33-24)23-7-3-2-6-22(23)25(31)30-14-5-13-29(15-16-30)19-21-11-9-20(18-27)10-12-21/h2-4,6-12,17H,5,13-16,19H2,1H3. The van der Waals surface area contributed by atoms with Gasteiger partial charge in [0.05, 0.1) is 27.8 Å². The van der Waals surface area contributed by atoms with Crippen LogP contribution in [0, 0.1) is 11.3 Å². The molecule has 2 aromatic carbocycles. The van der Waals surface area contributed by atoms with Crippen molar-refractivity contribution < 1.29 is 9.59 Å². The minimum Gasteiger partial charge on any atom is -0.337 e. The maximum Gasteiger partial charge on any atom is 0.268 e. The first-order valence-corrected chi connectivity index (χ1v) is 11.9. The molecule has 0 unspecified atom stereocenters. The molecule has 1 aliphatic heterocycles. The average molecular weight is 459 g/mol. The van der Waals surface area contributed by atoms with Crippen LogP contribution >= 0.6 is 11.3 Å². The molecule has 1 saturated heterocycles. The predicted octanol–water partition coefficient (Wildman–Crippen LogP) is 4.24. The summed E-state index contributed by atoms with van der Waals surface area (Å²) in [7, 11) is 1.72. The Labute approximate surface area is 198 Å².